The van der Waals surface area contributed by atoms with Gasteiger partial charge in [-0.3, -0.25) is 9.89 Å². The first-order chi connectivity index (χ1) is 8.18. The summed E-state index contributed by atoms with van der Waals surface area (Å²) in [6.07, 6.45) is 3.68. The monoisotopic (exact) mass is 237 g/mol. The van der Waals surface area contributed by atoms with E-state index in [0.29, 0.717) is 11.5 Å². The van der Waals surface area contributed by atoms with Gasteiger partial charge in [0.25, 0.3) is 5.91 Å². The molecule has 0 unspecified atom stereocenters. The Balaban J connectivity index is 1.93. The maximum absolute atomic E-state index is 12.1. The number of H-pyrrole nitrogens is 1. The lowest BCUT2D eigenvalue weighted by Gasteiger charge is -2.27. The lowest BCUT2D eigenvalue weighted by atomic mass is 9.99. The molecule has 17 heavy (non-hydrogen) atoms. The first kappa shape index (κ1) is 12.1. The van der Waals surface area contributed by atoms with E-state index in [0.717, 1.165) is 38.3 Å². The van der Waals surface area contributed by atoms with E-state index in [1.807, 2.05) is 14.0 Å². The summed E-state index contributed by atoms with van der Waals surface area (Å²) in [5, 5.41) is 6.67. The number of aromatic amines is 1. The van der Waals surface area contributed by atoms with Gasteiger partial charge in [-0.1, -0.05) is 0 Å². The topological polar surface area (TPSA) is 58.2 Å². The van der Waals surface area contributed by atoms with Crippen LogP contribution in [0.25, 0.3) is 0 Å². The molecule has 0 saturated carbocycles. The number of nitrogens with zero attached hydrogens (tertiary/aromatic N) is 2. The number of hydrogen-bond acceptors (Lipinski definition) is 3. The van der Waals surface area contributed by atoms with Gasteiger partial charge in [0.1, 0.15) is 0 Å². The second-order valence-electron chi connectivity index (χ2n) is 4.65. The van der Waals surface area contributed by atoms with Crippen LogP contribution in [0.3, 0.4) is 0 Å². The second kappa shape index (κ2) is 5.31. The summed E-state index contributed by atoms with van der Waals surface area (Å²) < 4.78 is 5.31. The third-order valence-corrected chi connectivity index (χ3v) is 3.28. The maximum atomic E-state index is 12.1. The third-order valence-electron chi connectivity index (χ3n) is 3.28. The van der Waals surface area contributed by atoms with Gasteiger partial charge in [-0.05, 0) is 25.7 Å². The van der Waals surface area contributed by atoms with Gasteiger partial charge in [0.2, 0.25) is 0 Å². The molecule has 2 heterocycles. The van der Waals surface area contributed by atoms with Crippen LogP contribution < -0.4 is 0 Å². The zero-order valence-corrected chi connectivity index (χ0v) is 10.4. The summed E-state index contributed by atoms with van der Waals surface area (Å²) in [5.41, 5.74) is 1.49. The fourth-order valence-corrected chi connectivity index (χ4v) is 2.17. The highest BCUT2D eigenvalue weighted by Gasteiger charge is 2.21. The Morgan fingerprint density at radius 1 is 1.59 bits per heavy atom. The number of aryl methyl sites for hydroxylation is 1. The number of carbonyl (C=O) groups excluding carboxylic acids is 1. The molecule has 1 aliphatic heterocycles. The molecule has 1 fully saturated rings. The number of nitrogens with one attached hydrogen (secondary N) is 1. The molecule has 1 aromatic heterocycles. The molecule has 0 aliphatic carbocycles. The Morgan fingerprint density at radius 3 is 2.88 bits per heavy atom. The molecule has 1 aromatic rings. The first-order valence-electron chi connectivity index (χ1n) is 6.01. The molecule has 5 heteroatoms. The highest BCUT2D eigenvalue weighted by molar-refractivity contribution is 5.94. The summed E-state index contributed by atoms with van der Waals surface area (Å²) in [6.45, 7) is 4.30. The molecule has 0 atom stereocenters. The summed E-state index contributed by atoms with van der Waals surface area (Å²) in [7, 11) is 1.85. The molecule has 2 rings (SSSR count). The molecule has 94 valence electrons. The lowest BCUT2D eigenvalue weighted by Crippen LogP contribution is -2.34. The molecule has 5 nitrogen and oxygen atoms in total. The molecule has 0 spiro atoms. The number of aromatic nitrogens is 2. The Hall–Kier alpha value is -1.36. The summed E-state index contributed by atoms with van der Waals surface area (Å²) in [4.78, 5) is 13.9. The number of ether oxygens (including phenoxy) is 1. The van der Waals surface area contributed by atoms with Crippen molar-refractivity contribution >= 4 is 5.91 Å². The van der Waals surface area contributed by atoms with Crippen LogP contribution in [0.1, 0.15) is 28.9 Å². The van der Waals surface area contributed by atoms with Crippen LogP contribution in [-0.4, -0.2) is 47.8 Å². The summed E-state index contributed by atoms with van der Waals surface area (Å²) in [6, 6.07) is 0. The van der Waals surface area contributed by atoms with Gasteiger partial charge < -0.3 is 9.64 Å². The molecule has 1 saturated heterocycles. The van der Waals surface area contributed by atoms with Gasteiger partial charge in [-0.2, -0.15) is 5.10 Å². The Kier molecular flexibility index (Phi) is 3.78. The largest absolute Gasteiger partial charge is 0.381 e. The molecule has 1 aliphatic rings. The average Bonchev–Trinajstić information content (AvgIpc) is 2.76. The predicted octanol–water partition coefficient (Wildman–Crippen LogP) is 1.22. The molecular weight excluding hydrogens is 218 g/mol. The van der Waals surface area contributed by atoms with E-state index >= 15 is 0 Å². The van der Waals surface area contributed by atoms with Crippen LogP contribution in [0.5, 0.6) is 0 Å². The molecular formula is C12H19N3O2. The zero-order valence-electron chi connectivity index (χ0n) is 10.4. The van der Waals surface area contributed by atoms with Crippen molar-refractivity contribution in [3.05, 3.63) is 17.5 Å². The SMILES string of the molecule is Cc1[nH]ncc1C(=O)N(C)CC1CCOCC1. The van der Waals surface area contributed by atoms with Crippen LogP contribution in [0.4, 0.5) is 0 Å². The minimum atomic E-state index is 0.0442. The number of rotatable bonds is 3. The van der Waals surface area contributed by atoms with Crippen LogP contribution >= 0.6 is 0 Å². The normalized spacial score (nSPS) is 17.1. The third kappa shape index (κ3) is 2.85. The van der Waals surface area contributed by atoms with Crippen molar-refractivity contribution in [2.24, 2.45) is 5.92 Å². The van der Waals surface area contributed by atoms with E-state index in [2.05, 4.69) is 10.2 Å². The van der Waals surface area contributed by atoms with Gasteiger partial charge in [0, 0.05) is 32.5 Å². The van der Waals surface area contributed by atoms with E-state index in [1.165, 1.54) is 0 Å². The van der Waals surface area contributed by atoms with Crippen LogP contribution in [0.2, 0.25) is 0 Å². The minimum Gasteiger partial charge on any atom is -0.381 e. The number of hydrogen-bond donors (Lipinski definition) is 1. The van der Waals surface area contributed by atoms with Gasteiger partial charge in [0.05, 0.1) is 11.8 Å². The van der Waals surface area contributed by atoms with Gasteiger partial charge >= 0.3 is 0 Å². The van der Waals surface area contributed by atoms with Crippen molar-refractivity contribution in [3.63, 3.8) is 0 Å². The van der Waals surface area contributed by atoms with Gasteiger partial charge in [-0.15, -0.1) is 0 Å². The summed E-state index contributed by atoms with van der Waals surface area (Å²) in [5.74, 6) is 0.604. The van der Waals surface area contributed by atoms with E-state index in [4.69, 9.17) is 4.74 Å². The average molecular weight is 237 g/mol. The van der Waals surface area contributed by atoms with Crippen molar-refractivity contribution in [2.45, 2.75) is 19.8 Å². The number of carbonyl (C=O) groups is 1. The first-order valence-corrected chi connectivity index (χ1v) is 6.01. The van der Waals surface area contributed by atoms with Crippen molar-refractivity contribution in [3.8, 4) is 0 Å². The van der Waals surface area contributed by atoms with E-state index in [-0.39, 0.29) is 5.91 Å². The van der Waals surface area contributed by atoms with E-state index in [1.54, 1.807) is 11.1 Å². The molecule has 1 N–H and O–H groups in total. The smallest absolute Gasteiger partial charge is 0.257 e. The van der Waals surface area contributed by atoms with Crippen LogP contribution in [-0.2, 0) is 4.74 Å². The van der Waals surface area contributed by atoms with Crippen LogP contribution in [0.15, 0.2) is 6.20 Å². The van der Waals surface area contributed by atoms with E-state index < -0.39 is 0 Å². The van der Waals surface area contributed by atoms with Crippen molar-refractivity contribution in [2.75, 3.05) is 26.8 Å². The zero-order chi connectivity index (χ0) is 12.3. The standard InChI is InChI=1S/C12H19N3O2/c1-9-11(7-13-14-9)12(16)15(2)8-10-3-5-17-6-4-10/h7,10H,3-6,8H2,1-2H3,(H,13,14). The quantitative estimate of drug-likeness (QED) is 0.859. The number of amides is 1. The Labute approximate surface area is 101 Å². The van der Waals surface area contributed by atoms with Crippen LogP contribution in [0, 0.1) is 12.8 Å². The Bertz CT molecular complexity index is 383. The van der Waals surface area contributed by atoms with Crippen molar-refractivity contribution < 1.29 is 9.53 Å². The summed E-state index contributed by atoms with van der Waals surface area (Å²) >= 11 is 0. The van der Waals surface area contributed by atoms with Crippen molar-refractivity contribution in [1.82, 2.24) is 15.1 Å². The Morgan fingerprint density at radius 2 is 2.29 bits per heavy atom. The fraction of sp³-hybridized carbons (Fsp3) is 0.667. The molecule has 0 radical (unpaired) electrons. The second-order valence-corrected chi connectivity index (χ2v) is 4.65. The molecule has 1 amide bonds. The molecule has 0 aromatic carbocycles. The predicted molar refractivity (Wildman–Crippen MR) is 63.8 cm³/mol. The highest BCUT2D eigenvalue weighted by Crippen LogP contribution is 2.17. The van der Waals surface area contributed by atoms with E-state index in [9.17, 15) is 4.79 Å². The van der Waals surface area contributed by atoms with Gasteiger partial charge in [-0.25, -0.2) is 0 Å². The molecule has 0 bridgehead atoms. The van der Waals surface area contributed by atoms with Crippen molar-refractivity contribution in [1.29, 1.82) is 0 Å². The van der Waals surface area contributed by atoms with Gasteiger partial charge in [0.15, 0.2) is 0 Å². The highest BCUT2D eigenvalue weighted by atomic mass is 16.5. The minimum absolute atomic E-state index is 0.0442. The fourth-order valence-electron chi connectivity index (χ4n) is 2.17. The lowest BCUT2D eigenvalue weighted by molar-refractivity contribution is 0.0497. The maximum Gasteiger partial charge on any atom is 0.257 e.